The molecule has 0 aliphatic heterocycles. The molecule has 0 saturated carbocycles. The first-order valence-corrected chi connectivity index (χ1v) is 7.52. The summed E-state index contributed by atoms with van der Waals surface area (Å²) in [5.74, 6) is -0.413. The largest absolute Gasteiger partial charge is 0.359 e. The number of aromatic amines is 1. The highest BCUT2D eigenvalue weighted by atomic mass is 35.5. The number of amides is 1. The Morgan fingerprint density at radius 3 is 2.87 bits per heavy atom. The number of para-hydroxylation sites is 1. The van der Waals surface area contributed by atoms with Gasteiger partial charge in [0, 0.05) is 36.4 Å². The first-order chi connectivity index (χ1) is 11.2. The van der Waals surface area contributed by atoms with Crippen LogP contribution in [-0.2, 0) is 6.42 Å². The molecule has 0 atom stereocenters. The van der Waals surface area contributed by atoms with Crippen molar-refractivity contribution in [2.24, 2.45) is 0 Å². The second-order valence-electron chi connectivity index (χ2n) is 5.02. The molecule has 0 saturated heterocycles. The molecule has 116 valence electrons. The summed E-state index contributed by atoms with van der Waals surface area (Å²) < 4.78 is 0. The van der Waals surface area contributed by atoms with E-state index in [4.69, 9.17) is 11.6 Å². The van der Waals surface area contributed by atoms with E-state index in [1.54, 1.807) is 24.4 Å². The smallest absolute Gasteiger partial charge is 0.256 e. The van der Waals surface area contributed by atoms with Crippen molar-refractivity contribution in [2.45, 2.75) is 6.42 Å². The summed E-state index contributed by atoms with van der Waals surface area (Å²) in [6.07, 6.45) is 3.70. The van der Waals surface area contributed by atoms with E-state index in [0.29, 0.717) is 28.9 Å². The molecule has 0 aliphatic rings. The predicted molar refractivity (Wildman–Crippen MR) is 89.9 cm³/mol. The summed E-state index contributed by atoms with van der Waals surface area (Å²) in [6, 6.07) is 10.6. The molecule has 2 N–H and O–H groups in total. The number of rotatable bonds is 4. The lowest BCUT2D eigenvalue weighted by molar-refractivity contribution is 0.0953. The van der Waals surface area contributed by atoms with Crippen molar-refractivity contribution < 1.29 is 4.79 Å². The Morgan fingerprint density at radius 2 is 2.09 bits per heavy atom. The van der Waals surface area contributed by atoms with Crippen LogP contribution in [0.4, 0.5) is 0 Å². The summed E-state index contributed by atoms with van der Waals surface area (Å²) in [6.45, 7) is 0.406. The summed E-state index contributed by atoms with van der Waals surface area (Å²) >= 11 is 6.03. The second-order valence-corrected chi connectivity index (χ2v) is 5.43. The maximum atomic E-state index is 12.4. The number of fused-ring (bicyclic) bond motifs is 1. The zero-order valence-corrected chi connectivity index (χ0v) is 12.9. The molecular weight excluding hydrogens is 314 g/mol. The topological polar surface area (TPSA) is 74.8 Å². The van der Waals surface area contributed by atoms with Crippen LogP contribution in [0.1, 0.15) is 16.1 Å². The second kappa shape index (κ2) is 6.62. The van der Waals surface area contributed by atoms with Gasteiger partial charge in [-0.3, -0.25) is 14.6 Å². The normalized spacial score (nSPS) is 10.7. The fourth-order valence-corrected chi connectivity index (χ4v) is 2.56. The van der Waals surface area contributed by atoms with Crippen LogP contribution in [0.15, 0.2) is 53.6 Å². The van der Waals surface area contributed by atoms with Gasteiger partial charge in [-0.2, -0.15) is 0 Å². The van der Waals surface area contributed by atoms with Gasteiger partial charge >= 0.3 is 0 Å². The van der Waals surface area contributed by atoms with Crippen LogP contribution in [0.5, 0.6) is 0 Å². The molecule has 0 bridgehead atoms. The van der Waals surface area contributed by atoms with Gasteiger partial charge < -0.3 is 10.3 Å². The molecule has 1 amide bonds. The lowest BCUT2D eigenvalue weighted by Gasteiger charge is -2.06. The molecule has 6 heteroatoms. The highest BCUT2D eigenvalue weighted by molar-refractivity contribution is 6.35. The third-order valence-corrected chi connectivity index (χ3v) is 3.82. The van der Waals surface area contributed by atoms with E-state index in [-0.39, 0.29) is 11.0 Å². The van der Waals surface area contributed by atoms with Crippen LogP contribution >= 0.6 is 11.6 Å². The quantitative estimate of drug-likeness (QED) is 0.773. The van der Waals surface area contributed by atoms with Crippen molar-refractivity contribution in [1.29, 1.82) is 0 Å². The summed E-state index contributed by atoms with van der Waals surface area (Å²) in [7, 11) is 0. The monoisotopic (exact) mass is 327 g/mol. The lowest BCUT2D eigenvalue weighted by Crippen LogP contribution is -2.30. The zero-order chi connectivity index (χ0) is 16.2. The molecule has 0 unspecified atom stereocenters. The molecular formula is C17H14ClN3O2. The van der Waals surface area contributed by atoms with Crippen molar-refractivity contribution in [3.63, 3.8) is 0 Å². The first-order valence-electron chi connectivity index (χ1n) is 7.15. The van der Waals surface area contributed by atoms with E-state index >= 15 is 0 Å². The van der Waals surface area contributed by atoms with E-state index in [0.717, 1.165) is 5.69 Å². The van der Waals surface area contributed by atoms with Gasteiger partial charge in [-0.1, -0.05) is 23.7 Å². The van der Waals surface area contributed by atoms with Gasteiger partial charge in [0.2, 0.25) is 5.43 Å². The van der Waals surface area contributed by atoms with E-state index in [1.165, 1.54) is 6.20 Å². The number of benzene rings is 1. The molecule has 0 aliphatic carbocycles. The Labute approximate surface area is 137 Å². The number of hydrogen-bond acceptors (Lipinski definition) is 3. The van der Waals surface area contributed by atoms with Crippen LogP contribution < -0.4 is 10.7 Å². The summed E-state index contributed by atoms with van der Waals surface area (Å²) in [5, 5.41) is 3.58. The maximum Gasteiger partial charge on any atom is 0.256 e. The Bertz CT molecular complexity index is 907. The third kappa shape index (κ3) is 3.24. The number of aromatic nitrogens is 2. The predicted octanol–water partition coefficient (Wildman–Crippen LogP) is 2.55. The number of hydrogen-bond donors (Lipinski definition) is 2. The van der Waals surface area contributed by atoms with Crippen molar-refractivity contribution in [2.75, 3.05) is 6.54 Å². The summed E-state index contributed by atoms with van der Waals surface area (Å²) in [4.78, 5) is 31.7. The van der Waals surface area contributed by atoms with Crippen molar-refractivity contribution in [3.8, 4) is 0 Å². The molecule has 5 nitrogen and oxygen atoms in total. The molecule has 0 spiro atoms. The van der Waals surface area contributed by atoms with Crippen LogP contribution in [-0.4, -0.2) is 22.4 Å². The third-order valence-electron chi connectivity index (χ3n) is 3.50. The van der Waals surface area contributed by atoms with Crippen molar-refractivity contribution >= 4 is 28.4 Å². The number of nitrogens with one attached hydrogen (secondary N) is 2. The molecule has 3 aromatic rings. The number of halogens is 1. The van der Waals surface area contributed by atoms with Crippen molar-refractivity contribution in [3.05, 3.63) is 75.3 Å². The average molecular weight is 328 g/mol. The molecule has 3 rings (SSSR count). The molecule has 23 heavy (non-hydrogen) atoms. The van der Waals surface area contributed by atoms with Gasteiger partial charge in [-0.05, 0) is 24.3 Å². The van der Waals surface area contributed by atoms with Gasteiger partial charge in [0.1, 0.15) is 5.56 Å². The Kier molecular flexibility index (Phi) is 4.39. The fraction of sp³-hybridized carbons (Fsp3) is 0.118. The fourth-order valence-electron chi connectivity index (χ4n) is 2.33. The number of pyridine rings is 2. The Balaban J connectivity index is 1.76. The van der Waals surface area contributed by atoms with E-state index < -0.39 is 5.91 Å². The van der Waals surface area contributed by atoms with Crippen molar-refractivity contribution in [1.82, 2.24) is 15.3 Å². The number of H-pyrrole nitrogens is 1. The number of nitrogens with zero attached hydrogens (tertiary/aromatic N) is 1. The van der Waals surface area contributed by atoms with Gasteiger partial charge in [-0.15, -0.1) is 0 Å². The minimum atomic E-state index is -0.413. The molecule has 0 fully saturated rings. The zero-order valence-electron chi connectivity index (χ0n) is 12.2. The molecule has 2 heterocycles. The SMILES string of the molecule is O=C(NCCc1ccccn1)c1c[nH]c2c(Cl)cccc2c1=O. The average Bonchev–Trinajstić information content (AvgIpc) is 2.57. The van der Waals surface area contributed by atoms with Gasteiger partial charge in [-0.25, -0.2) is 0 Å². The minimum absolute atomic E-state index is 0.0702. The van der Waals surface area contributed by atoms with E-state index in [1.807, 2.05) is 18.2 Å². The first kappa shape index (κ1) is 15.2. The van der Waals surface area contributed by atoms with Gasteiger partial charge in [0.05, 0.1) is 10.5 Å². The van der Waals surface area contributed by atoms with E-state index in [2.05, 4.69) is 15.3 Å². The molecule has 2 aromatic heterocycles. The van der Waals surface area contributed by atoms with Crippen LogP contribution in [0, 0.1) is 0 Å². The molecule has 0 radical (unpaired) electrons. The standard InChI is InChI=1S/C17H14ClN3O2/c18-14-6-3-5-12-15(14)21-10-13(16(12)22)17(23)20-9-7-11-4-1-2-8-19-11/h1-6,8,10H,7,9H2,(H,20,23)(H,21,22). The Hall–Kier alpha value is -2.66. The molecule has 1 aromatic carbocycles. The highest BCUT2D eigenvalue weighted by Crippen LogP contribution is 2.18. The van der Waals surface area contributed by atoms with E-state index in [9.17, 15) is 9.59 Å². The van der Waals surface area contributed by atoms with Crippen LogP contribution in [0.25, 0.3) is 10.9 Å². The number of carbonyl (C=O) groups excluding carboxylic acids is 1. The lowest BCUT2D eigenvalue weighted by atomic mass is 10.1. The Morgan fingerprint density at radius 1 is 1.22 bits per heavy atom. The van der Waals surface area contributed by atoms with Crippen LogP contribution in [0.3, 0.4) is 0 Å². The maximum absolute atomic E-state index is 12.4. The van der Waals surface area contributed by atoms with Crippen LogP contribution in [0.2, 0.25) is 5.02 Å². The van der Waals surface area contributed by atoms with Gasteiger partial charge in [0.15, 0.2) is 0 Å². The highest BCUT2D eigenvalue weighted by Gasteiger charge is 2.13. The number of carbonyl (C=O) groups is 1. The minimum Gasteiger partial charge on any atom is -0.359 e. The van der Waals surface area contributed by atoms with Gasteiger partial charge in [0.25, 0.3) is 5.91 Å². The summed E-state index contributed by atoms with van der Waals surface area (Å²) in [5.41, 5.74) is 1.15.